The summed E-state index contributed by atoms with van der Waals surface area (Å²) in [7, 11) is 1.44. The van der Waals surface area contributed by atoms with Crippen LogP contribution in [0.4, 0.5) is 0 Å². The molecule has 0 spiro atoms. The van der Waals surface area contributed by atoms with Crippen LogP contribution in [0.3, 0.4) is 0 Å². The Morgan fingerprint density at radius 2 is 1.76 bits per heavy atom. The Balaban J connectivity index is 1.56. The number of thiophene rings is 1. The summed E-state index contributed by atoms with van der Waals surface area (Å²) < 4.78 is 11.7. The maximum absolute atomic E-state index is 13.0. The van der Waals surface area contributed by atoms with Gasteiger partial charge in [-0.2, -0.15) is 0 Å². The molecule has 2 heterocycles. The molecule has 2 aromatic heterocycles. The molecule has 0 radical (unpaired) electrons. The molecule has 190 valence electrons. The number of hydrogen-bond acceptors (Lipinski definition) is 8. The number of benzene rings is 2. The SMILES string of the molecule is COc1cc(C(=O)CCC(=O)c2cc(C(=O)O)cc(-c3csc4c(C)cccc34)n2)ccc1OCCO. The van der Waals surface area contributed by atoms with Crippen LogP contribution < -0.4 is 9.47 Å². The van der Waals surface area contributed by atoms with E-state index in [0.29, 0.717) is 22.8 Å². The van der Waals surface area contributed by atoms with Crippen LogP contribution in [0.25, 0.3) is 21.3 Å². The molecule has 0 bridgehead atoms. The van der Waals surface area contributed by atoms with Crippen LogP contribution in [0.15, 0.2) is 53.9 Å². The van der Waals surface area contributed by atoms with Crippen molar-refractivity contribution in [2.45, 2.75) is 19.8 Å². The zero-order valence-electron chi connectivity index (χ0n) is 20.3. The molecule has 37 heavy (non-hydrogen) atoms. The molecule has 0 aliphatic carbocycles. The number of methoxy groups -OCH3 is 1. The molecule has 2 N–H and O–H groups in total. The predicted molar refractivity (Wildman–Crippen MR) is 140 cm³/mol. The van der Waals surface area contributed by atoms with E-state index in [4.69, 9.17) is 14.6 Å². The monoisotopic (exact) mass is 519 g/mol. The first-order chi connectivity index (χ1) is 17.8. The van der Waals surface area contributed by atoms with Crippen molar-refractivity contribution >= 4 is 39.0 Å². The van der Waals surface area contributed by atoms with Gasteiger partial charge < -0.3 is 19.7 Å². The molecule has 0 amide bonds. The van der Waals surface area contributed by atoms with Gasteiger partial charge in [0.25, 0.3) is 0 Å². The summed E-state index contributed by atoms with van der Waals surface area (Å²) in [5.74, 6) is -1.15. The number of carboxylic acids is 1. The molecule has 0 saturated heterocycles. The third-order valence-corrected chi connectivity index (χ3v) is 6.98. The lowest BCUT2D eigenvalue weighted by molar-refractivity contribution is 0.0696. The fourth-order valence-electron chi connectivity index (χ4n) is 3.95. The number of fused-ring (bicyclic) bond motifs is 1. The van der Waals surface area contributed by atoms with Crippen LogP contribution in [0.2, 0.25) is 0 Å². The minimum Gasteiger partial charge on any atom is -0.493 e. The molecular weight excluding hydrogens is 494 g/mol. The lowest BCUT2D eigenvalue weighted by Gasteiger charge is -2.11. The van der Waals surface area contributed by atoms with Crippen LogP contribution in [0.5, 0.6) is 11.5 Å². The molecule has 8 nitrogen and oxygen atoms in total. The largest absolute Gasteiger partial charge is 0.493 e. The van der Waals surface area contributed by atoms with Gasteiger partial charge in [-0.15, -0.1) is 11.3 Å². The molecule has 0 unspecified atom stereocenters. The Kier molecular flexibility index (Phi) is 7.95. The topological polar surface area (TPSA) is 123 Å². The Labute approximate surface area is 217 Å². The number of aliphatic hydroxyl groups is 1. The summed E-state index contributed by atoms with van der Waals surface area (Å²) in [5.41, 5.74) is 2.55. The van der Waals surface area contributed by atoms with Gasteiger partial charge in [-0.25, -0.2) is 9.78 Å². The summed E-state index contributed by atoms with van der Waals surface area (Å²) in [6.45, 7) is 1.93. The molecule has 0 fully saturated rings. The van der Waals surface area contributed by atoms with E-state index in [1.807, 2.05) is 30.5 Å². The molecule has 0 aliphatic heterocycles. The van der Waals surface area contributed by atoms with Crippen LogP contribution in [0.1, 0.15) is 49.6 Å². The number of Topliss-reactive ketones (excluding diaryl/α,β-unsaturated/α-hetero) is 2. The zero-order chi connectivity index (χ0) is 26.5. The van der Waals surface area contributed by atoms with Crippen LogP contribution in [-0.4, -0.2) is 53.1 Å². The summed E-state index contributed by atoms with van der Waals surface area (Å²) >= 11 is 1.54. The second-order valence-electron chi connectivity index (χ2n) is 8.32. The molecule has 0 aliphatic rings. The number of hydrogen-bond donors (Lipinski definition) is 2. The lowest BCUT2D eigenvalue weighted by Crippen LogP contribution is -2.10. The van der Waals surface area contributed by atoms with Gasteiger partial charge in [0.05, 0.1) is 25.0 Å². The van der Waals surface area contributed by atoms with E-state index in [-0.39, 0.29) is 43.1 Å². The van der Waals surface area contributed by atoms with Gasteiger partial charge in [0.1, 0.15) is 12.3 Å². The Morgan fingerprint density at radius 1 is 0.973 bits per heavy atom. The van der Waals surface area contributed by atoms with Crippen molar-refractivity contribution in [3.8, 4) is 22.8 Å². The van der Waals surface area contributed by atoms with E-state index in [1.165, 1.54) is 36.6 Å². The second-order valence-corrected chi connectivity index (χ2v) is 9.20. The number of aromatic nitrogens is 1. The summed E-state index contributed by atoms with van der Waals surface area (Å²) in [6, 6.07) is 13.2. The van der Waals surface area contributed by atoms with Crippen LogP contribution in [0, 0.1) is 6.92 Å². The third kappa shape index (κ3) is 5.68. The van der Waals surface area contributed by atoms with Gasteiger partial charge in [-0.3, -0.25) is 9.59 Å². The number of aliphatic hydroxyl groups excluding tert-OH is 1. The molecular formula is C28H25NO7S. The van der Waals surface area contributed by atoms with Gasteiger partial charge in [0.15, 0.2) is 23.1 Å². The number of rotatable bonds is 11. The summed E-state index contributed by atoms with van der Waals surface area (Å²) in [6.07, 6.45) is -0.226. The third-order valence-electron chi connectivity index (χ3n) is 5.84. The summed E-state index contributed by atoms with van der Waals surface area (Å²) in [5, 5.41) is 21.4. The Bertz CT molecular complexity index is 1490. The Morgan fingerprint density at radius 3 is 2.49 bits per heavy atom. The van der Waals surface area contributed by atoms with Gasteiger partial charge >= 0.3 is 5.97 Å². The smallest absolute Gasteiger partial charge is 0.335 e. The number of ketones is 2. The molecule has 4 aromatic rings. The molecule has 0 saturated carbocycles. The van der Waals surface area contributed by atoms with Crippen molar-refractivity contribution in [3.63, 3.8) is 0 Å². The second kappa shape index (κ2) is 11.3. The molecule has 4 rings (SSSR count). The van der Waals surface area contributed by atoms with Crippen molar-refractivity contribution in [1.29, 1.82) is 0 Å². The van der Waals surface area contributed by atoms with Crippen molar-refractivity contribution in [2.75, 3.05) is 20.3 Å². The Hall–Kier alpha value is -4.08. The quantitative estimate of drug-likeness (QED) is 0.259. The van der Waals surface area contributed by atoms with E-state index in [2.05, 4.69) is 4.98 Å². The minimum absolute atomic E-state index is 0.0000324. The fourth-order valence-corrected chi connectivity index (χ4v) is 4.99. The zero-order valence-corrected chi connectivity index (χ0v) is 21.1. The number of nitrogens with zero attached hydrogens (tertiary/aromatic N) is 1. The van der Waals surface area contributed by atoms with E-state index < -0.39 is 11.8 Å². The number of pyridine rings is 1. The van der Waals surface area contributed by atoms with Gasteiger partial charge in [0, 0.05) is 39.4 Å². The van der Waals surface area contributed by atoms with Crippen molar-refractivity contribution < 1.29 is 34.1 Å². The highest BCUT2D eigenvalue weighted by Crippen LogP contribution is 2.35. The number of carboxylic acid groups (broad SMARTS) is 1. The first kappa shape index (κ1) is 26.0. The standard InChI is InChI=1S/C28H25NO7S/c1-16-4-3-5-19-20(15-37-27(16)19)21-12-18(28(33)34)13-22(29-21)24(32)8-7-23(31)17-6-9-25(36-11-10-30)26(14-17)35-2/h3-6,9,12-15,30H,7-8,10-11H2,1-2H3,(H,33,34). The number of aryl methyl sites for hydroxylation is 1. The number of ether oxygens (including phenoxy) is 2. The predicted octanol–water partition coefficient (Wildman–Crippen LogP) is 5.20. The van der Waals surface area contributed by atoms with E-state index in [0.717, 1.165) is 21.2 Å². The molecule has 2 aromatic carbocycles. The number of carbonyl (C=O) groups is 3. The van der Waals surface area contributed by atoms with E-state index in [1.54, 1.807) is 12.1 Å². The normalized spacial score (nSPS) is 10.9. The number of aromatic carboxylic acids is 1. The lowest BCUT2D eigenvalue weighted by atomic mass is 10.0. The van der Waals surface area contributed by atoms with Crippen LogP contribution in [-0.2, 0) is 0 Å². The average molecular weight is 520 g/mol. The van der Waals surface area contributed by atoms with Crippen molar-refractivity contribution in [1.82, 2.24) is 4.98 Å². The van der Waals surface area contributed by atoms with Crippen molar-refractivity contribution in [3.05, 3.63) is 76.3 Å². The van der Waals surface area contributed by atoms with Gasteiger partial charge in [-0.1, -0.05) is 18.2 Å². The van der Waals surface area contributed by atoms with Crippen molar-refractivity contribution in [2.24, 2.45) is 0 Å². The van der Waals surface area contributed by atoms with Crippen LogP contribution >= 0.6 is 11.3 Å². The first-order valence-corrected chi connectivity index (χ1v) is 12.4. The highest BCUT2D eigenvalue weighted by atomic mass is 32.1. The maximum Gasteiger partial charge on any atom is 0.335 e. The van der Waals surface area contributed by atoms with E-state index in [9.17, 15) is 19.5 Å². The maximum atomic E-state index is 13.0. The van der Waals surface area contributed by atoms with E-state index >= 15 is 0 Å². The highest BCUT2D eigenvalue weighted by Gasteiger charge is 2.19. The minimum atomic E-state index is -1.17. The number of carbonyl (C=O) groups excluding carboxylic acids is 2. The average Bonchev–Trinajstić information content (AvgIpc) is 3.35. The summed E-state index contributed by atoms with van der Waals surface area (Å²) in [4.78, 5) is 42.1. The molecule has 0 atom stereocenters. The van der Waals surface area contributed by atoms with Gasteiger partial charge in [0.2, 0.25) is 0 Å². The highest BCUT2D eigenvalue weighted by molar-refractivity contribution is 7.18. The molecule has 9 heteroatoms. The first-order valence-electron chi connectivity index (χ1n) is 11.5. The van der Waals surface area contributed by atoms with Gasteiger partial charge in [-0.05, 0) is 42.8 Å². The fraction of sp³-hybridized carbons (Fsp3) is 0.214.